The van der Waals surface area contributed by atoms with Crippen molar-refractivity contribution >= 4 is 33.0 Å². The molecule has 2 N–H and O–H groups in total. The summed E-state index contributed by atoms with van der Waals surface area (Å²) in [6, 6.07) is 12.5. The predicted molar refractivity (Wildman–Crippen MR) is 107 cm³/mol. The van der Waals surface area contributed by atoms with E-state index in [-0.39, 0.29) is 21.7 Å². The second kappa shape index (κ2) is 7.57. The van der Waals surface area contributed by atoms with Crippen molar-refractivity contribution in [2.24, 2.45) is 0 Å². The van der Waals surface area contributed by atoms with Crippen LogP contribution in [0.2, 0.25) is 0 Å². The predicted octanol–water partition coefficient (Wildman–Crippen LogP) is 4.11. The normalized spacial score (nSPS) is 18.3. The number of nitrogens with one attached hydrogen (secondary N) is 2. The number of amides is 1. The van der Waals surface area contributed by atoms with E-state index in [4.69, 9.17) is 0 Å². The maximum Gasteiger partial charge on any atom is 0.271 e. The van der Waals surface area contributed by atoms with E-state index >= 15 is 0 Å². The van der Waals surface area contributed by atoms with Crippen LogP contribution in [-0.4, -0.2) is 20.4 Å². The highest BCUT2D eigenvalue weighted by molar-refractivity contribution is 7.94. The van der Waals surface area contributed by atoms with Crippen LogP contribution in [0.4, 0.5) is 14.5 Å². The van der Waals surface area contributed by atoms with Gasteiger partial charge in [-0.3, -0.25) is 9.52 Å². The summed E-state index contributed by atoms with van der Waals surface area (Å²) in [6.07, 6.45) is 0.461. The Morgan fingerprint density at radius 1 is 1.00 bits per heavy atom. The number of carbonyl (C=O) groups is 1. The van der Waals surface area contributed by atoms with Crippen molar-refractivity contribution in [3.63, 3.8) is 0 Å². The molecule has 1 fully saturated rings. The zero-order valence-electron chi connectivity index (χ0n) is 14.9. The van der Waals surface area contributed by atoms with E-state index in [1.54, 1.807) is 11.4 Å². The Balaban J connectivity index is 1.39. The number of hydrogen-bond donors (Lipinski definition) is 2. The molecule has 5 nitrogen and oxygen atoms in total. The number of sulfonamides is 1. The highest BCUT2D eigenvalue weighted by Gasteiger charge is 2.42. The number of thiophene rings is 1. The number of anilines is 1. The Hall–Kier alpha value is -2.78. The summed E-state index contributed by atoms with van der Waals surface area (Å²) in [5, 5.41) is 4.42. The lowest BCUT2D eigenvalue weighted by molar-refractivity contribution is 0.0950. The van der Waals surface area contributed by atoms with Crippen molar-refractivity contribution in [2.75, 3.05) is 4.72 Å². The van der Waals surface area contributed by atoms with Crippen LogP contribution in [0.15, 0.2) is 64.2 Å². The summed E-state index contributed by atoms with van der Waals surface area (Å²) in [6.45, 7) is 0. The minimum absolute atomic E-state index is 0.00358. The van der Waals surface area contributed by atoms with E-state index in [0.717, 1.165) is 11.3 Å². The van der Waals surface area contributed by atoms with Gasteiger partial charge in [0.15, 0.2) is 0 Å². The second-order valence-electron chi connectivity index (χ2n) is 6.67. The lowest BCUT2D eigenvalue weighted by atomic mass is 10.1. The fourth-order valence-electron chi connectivity index (χ4n) is 3.10. The molecule has 1 saturated carbocycles. The summed E-state index contributed by atoms with van der Waals surface area (Å²) in [5.41, 5.74) is 0.646. The smallest absolute Gasteiger partial charge is 0.271 e. The molecular formula is C20H16F2N2O3S2. The summed E-state index contributed by atoms with van der Waals surface area (Å²) in [4.78, 5) is 12.4. The van der Waals surface area contributed by atoms with Gasteiger partial charge in [0.2, 0.25) is 0 Å². The molecule has 2 aromatic carbocycles. The van der Waals surface area contributed by atoms with E-state index < -0.39 is 27.6 Å². The van der Waals surface area contributed by atoms with E-state index in [0.29, 0.717) is 17.7 Å². The van der Waals surface area contributed by atoms with E-state index in [2.05, 4.69) is 10.0 Å². The third-order valence-corrected chi connectivity index (χ3v) is 7.42. The number of hydrogen-bond acceptors (Lipinski definition) is 4. The molecule has 9 heteroatoms. The van der Waals surface area contributed by atoms with Gasteiger partial charge >= 0.3 is 0 Å². The van der Waals surface area contributed by atoms with Gasteiger partial charge in [0.05, 0.1) is 0 Å². The molecule has 1 heterocycles. The van der Waals surface area contributed by atoms with E-state index in [1.807, 2.05) is 0 Å². The number of benzene rings is 2. The first-order valence-electron chi connectivity index (χ1n) is 8.76. The molecule has 4 rings (SSSR count). The van der Waals surface area contributed by atoms with Crippen molar-refractivity contribution in [2.45, 2.75) is 22.6 Å². The van der Waals surface area contributed by atoms with E-state index in [1.165, 1.54) is 48.5 Å². The number of halogens is 2. The van der Waals surface area contributed by atoms with Crippen molar-refractivity contribution in [1.82, 2.24) is 5.32 Å². The molecular weight excluding hydrogens is 418 g/mol. The number of rotatable bonds is 6. The molecule has 1 aliphatic rings. The Morgan fingerprint density at radius 2 is 1.69 bits per heavy atom. The zero-order chi connectivity index (χ0) is 20.6. The molecule has 0 aliphatic heterocycles. The summed E-state index contributed by atoms with van der Waals surface area (Å²) >= 11 is 1.10. The highest BCUT2D eigenvalue weighted by Crippen LogP contribution is 2.43. The van der Waals surface area contributed by atoms with Gasteiger partial charge < -0.3 is 5.32 Å². The van der Waals surface area contributed by atoms with Gasteiger partial charge in [-0.05, 0) is 54.3 Å². The van der Waals surface area contributed by atoms with Gasteiger partial charge in [0.1, 0.15) is 15.8 Å². The van der Waals surface area contributed by atoms with Gasteiger partial charge in [-0.15, -0.1) is 11.3 Å². The van der Waals surface area contributed by atoms with Crippen molar-refractivity contribution in [3.8, 4) is 0 Å². The van der Waals surface area contributed by atoms with Crippen molar-refractivity contribution in [1.29, 1.82) is 0 Å². The van der Waals surface area contributed by atoms with Crippen LogP contribution in [-0.2, 0) is 10.0 Å². The van der Waals surface area contributed by atoms with Crippen LogP contribution in [0, 0.1) is 11.6 Å². The van der Waals surface area contributed by atoms with Crippen molar-refractivity contribution in [3.05, 3.63) is 82.7 Å². The molecule has 2 unspecified atom stereocenters. The second-order valence-corrected chi connectivity index (χ2v) is 9.53. The molecule has 1 aliphatic carbocycles. The minimum atomic E-state index is -3.66. The first-order valence-corrected chi connectivity index (χ1v) is 11.1. The topological polar surface area (TPSA) is 75.3 Å². The Labute approximate surface area is 170 Å². The number of carbonyl (C=O) groups excluding carboxylic acids is 1. The third kappa shape index (κ3) is 4.15. The standard InChI is InChI=1S/C20H16F2N2O3S2/c21-15-3-1-4-16(22)19(15)14-11-17(14)23-20(25)12-6-8-13(9-7-12)24-29(26,27)18-5-2-10-28-18/h1-10,14,17,24H,11H2,(H,23,25). The molecule has 3 aromatic rings. The monoisotopic (exact) mass is 434 g/mol. The maximum atomic E-state index is 13.8. The quantitative estimate of drug-likeness (QED) is 0.613. The first-order chi connectivity index (χ1) is 13.8. The van der Waals surface area contributed by atoms with Gasteiger partial charge in [0.25, 0.3) is 15.9 Å². The first kappa shape index (κ1) is 19.5. The lowest BCUT2D eigenvalue weighted by Crippen LogP contribution is -2.26. The van der Waals surface area contributed by atoms with Crippen LogP contribution < -0.4 is 10.0 Å². The molecule has 0 bridgehead atoms. The fourth-order valence-corrected chi connectivity index (χ4v) is 5.15. The van der Waals surface area contributed by atoms with Crippen LogP contribution in [0.1, 0.15) is 28.3 Å². The largest absolute Gasteiger partial charge is 0.349 e. The van der Waals surface area contributed by atoms with Crippen LogP contribution in [0.5, 0.6) is 0 Å². The molecule has 0 saturated heterocycles. The minimum Gasteiger partial charge on any atom is -0.349 e. The molecule has 150 valence electrons. The Kier molecular flexibility index (Phi) is 5.10. The van der Waals surface area contributed by atoms with Gasteiger partial charge in [-0.2, -0.15) is 0 Å². The van der Waals surface area contributed by atoms with Gasteiger partial charge in [0, 0.05) is 28.8 Å². The lowest BCUT2D eigenvalue weighted by Gasteiger charge is -2.09. The molecule has 1 amide bonds. The molecule has 0 spiro atoms. The van der Waals surface area contributed by atoms with Crippen molar-refractivity contribution < 1.29 is 22.0 Å². The maximum absolute atomic E-state index is 13.8. The van der Waals surface area contributed by atoms with Gasteiger partial charge in [-0.1, -0.05) is 12.1 Å². The summed E-state index contributed by atoms with van der Waals surface area (Å²) in [5.74, 6) is -2.01. The van der Waals surface area contributed by atoms with Crippen LogP contribution in [0.3, 0.4) is 0 Å². The Morgan fingerprint density at radius 3 is 2.31 bits per heavy atom. The van der Waals surface area contributed by atoms with Crippen LogP contribution >= 0.6 is 11.3 Å². The third-order valence-electron chi connectivity index (χ3n) is 4.64. The Bertz CT molecular complexity index is 1130. The molecule has 2 atom stereocenters. The zero-order valence-corrected chi connectivity index (χ0v) is 16.6. The molecule has 1 aromatic heterocycles. The average Bonchev–Trinajstić information content (AvgIpc) is 3.18. The average molecular weight is 434 g/mol. The summed E-state index contributed by atoms with van der Waals surface area (Å²) in [7, 11) is -3.66. The SMILES string of the molecule is O=C(NC1CC1c1c(F)cccc1F)c1ccc(NS(=O)(=O)c2cccs2)cc1. The highest BCUT2D eigenvalue weighted by atomic mass is 32.2. The van der Waals surface area contributed by atoms with Crippen LogP contribution in [0.25, 0.3) is 0 Å². The fraction of sp³-hybridized carbons (Fsp3) is 0.150. The molecule has 29 heavy (non-hydrogen) atoms. The molecule has 0 radical (unpaired) electrons. The van der Waals surface area contributed by atoms with E-state index in [9.17, 15) is 22.0 Å². The summed E-state index contributed by atoms with van der Waals surface area (Å²) < 4.78 is 54.8. The van der Waals surface area contributed by atoms with Gasteiger partial charge in [-0.25, -0.2) is 17.2 Å².